The third kappa shape index (κ3) is 9.21. The number of hydrogen-bond acceptors (Lipinski definition) is 6. The predicted molar refractivity (Wildman–Crippen MR) is 156 cm³/mol. The molecule has 0 heterocycles. The fourth-order valence-corrected chi connectivity index (χ4v) is 6.75. The SMILES string of the molecule is CCOP(=O)(CC(=O)N(C(Cc1ccccc1)C(=O)O)C(C)(C)CCCC(=O)c1c(Br)ccc(Cl)c1F)OCC. The lowest BCUT2D eigenvalue weighted by Crippen LogP contribution is -2.57. The van der Waals surface area contributed by atoms with E-state index >= 15 is 0 Å². The van der Waals surface area contributed by atoms with Crippen LogP contribution in [0.25, 0.3) is 0 Å². The third-order valence-electron chi connectivity index (χ3n) is 6.29. The summed E-state index contributed by atoms with van der Waals surface area (Å²) in [6.07, 6.45) is -0.320. The van der Waals surface area contributed by atoms with E-state index in [1.54, 1.807) is 58.0 Å². The van der Waals surface area contributed by atoms with Crippen molar-refractivity contribution in [3.05, 3.63) is 68.9 Å². The van der Waals surface area contributed by atoms with Gasteiger partial charge in [-0.3, -0.25) is 14.2 Å². The molecule has 1 N–H and O–H groups in total. The topological polar surface area (TPSA) is 110 Å². The minimum atomic E-state index is -3.85. The summed E-state index contributed by atoms with van der Waals surface area (Å²) in [6, 6.07) is 10.4. The van der Waals surface area contributed by atoms with E-state index in [9.17, 15) is 28.4 Å². The molecule has 0 bridgehead atoms. The van der Waals surface area contributed by atoms with E-state index in [4.69, 9.17) is 20.6 Å². The van der Waals surface area contributed by atoms with Crippen LogP contribution in [0.1, 0.15) is 62.9 Å². The number of carboxylic acids is 1. The molecule has 8 nitrogen and oxygen atoms in total. The summed E-state index contributed by atoms with van der Waals surface area (Å²) < 4.78 is 38.6. The van der Waals surface area contributed by atoms with E-state index in [1.165, 1.54) is 17.0 Å². The second kappa shape index (κ2) is 15.2. The molecule has 0 aliphatic carbocycles. The van der Waals surface area contributed by atoms with Crippen molar-refractivity contribution >= 4 is 52.8 Å². The van der Waals surface area contributed by atoms with Gasteiger partial charge >= 0.3 is 13.6 Å². The van der Waals surface area contributed by atoms with E-state index in [-0.39, 0.29) is 54.0 Å². The highest BCUT2D eigenvalue weighted by Gasteiger charge is 2.42. The van der Waals surface area contributed by atoms with Crippen LogP contribution in [0.15, 0.2) is 46.9 Å². The Labute approximate surface area is 247 Å². The maximum absolute atomic E-state index is 14.5. The molecule has 2 aromatic carbocycles. The van der Waals surface area contributed by atoms with Crippen molar-refractivity contribution in [2.75, 3.05) is 19.4 Å². The smallest absolute Gasteiger partial charge is 0.340 e. The second-order valence-corrected chi connectivity index (χ2v) is 13.0. The molecular formula is C28H35BrClFNO7P. The van der Waals surface area contributed by atoms with Gasteiger partial charge in [0.15, 0.2) is 11.6 Å². The molecule has 220 valence electrons. The normalized spacial score (nSPS) is 12.7. The van der Waals surface area contributed by atoms with E-state index in [0.29, 0.717) is 5.56 Å². The number of nitrogens with zero attached hydrogens (tertiary/aromatic N) is 1. The van der Waals surface area contributed by atoms with Gasteiger partial charge in [-0.2, -0.15) is 0 Å². The molecule has 0 aromatic heterocycles. The van der Waals surface area contributed by atoms with E-state index < -0.39 is 48.8 Å². The molecule has 0 saturated heterocycles. The van der Waals surface area contributed by atoms with Crippen molar-refractivity contribution in [1.82, 2.24) is 4.90 Å². The molecule has 2 rings (SSSR count). The molecule has 0 aliphatic heterocycles. The highest BCUT2D eigenvalue weighted by molar-refractivity contribution is 9.10. The van der Waals surface area contributed by atoms with Crippen molar-refractivity contribution in [3.63, 3.8) is 0 Å². The van der Waals surface area contributed by atoms with Crippen molar-refractivity contribution in [3.8, 4) is 0 Å². The minimum Gasteiger partial charge on any atom is -0.480 e. The number of amides is 1. The Morgan fingerprint density at radius 2 is 1.70 bits per heavy atom. The van der Waals surface area contributed by atoms with Gasteiger partial charge in [-0.05, 0) is 74.2 Å². The average molecular weight is 663 g/mol. The monoisotopic (exact) mass is 661 g/mol. The Balaban J connectivity index is 2.37. The summed E-state index contributed by atoms with van der Waals surface area (Å²) in [4.78, 5) is 40.3. The second-order valence-electron chi connectivity index (χ2n) is 9.72. The number of ketones is 1. The molecule has 1 amide bonds. The van der Waals surface area contributed by atoms with Crippen molar-refractivity contribution in [2.24, 2.45) is 0 Å². The number of benzene rings is 2. The summed E-state index contributed by atoms with van der Waals surface area (Å²) in [7, 11) is -3.85. The van der Waals surface area contributed by atoms with Crippen LogP contribution in [-0.4, -0.2) is 58.6 Å². The number of hydrogen-bond donors (Lipinski definition) is 1. The zero-order chi connectivity index (χ0) is 30.1. The van der Waals surface area contributed by atoms with Crippen molar-refractivity contribution in [1.29, 1.82) is 0 Å². The highest BCUT2D eigenvalue weighted by Crippen LogP contribution is 2.48. The van der Waals surface area contributed by atoms with Gasteiger partial charge in [-0.1, -0.05) is 41.9 Å². The maximum Gasteiger partial charge on any atom is 0.340 e. The van der Waals surface area contributed by atoms with Crippen molar-refractivity contribution < 1.29 is 37.5 Å². The lowest BCUT2D eigenvalue weighted by atomic mass is 9.90. The molecule has 1 atom stereocenters. The van der Waals surface area contributed by atoms with Crippen LogP contribution in [-0.2, 0) is 29.6 Å². The summed E-state index contributed by atoms with van der Waals surface area (Å²) in [5.41, 5.74) is -0.583. The first-order valence-electron chi connectivity index (χ1n) is 12.9. The molecule has 12 heteroatoms. The molecule has 0 saturated carbocycles. The van der Waals surface area contributed by atoms with Crippen LogP contribution in [0.3, 0.4) is 0 Å². The lowest BCUT2D eigenvalue weighted by molar-refractivity contribution is -0.154. The zero-order valence-corrected chi connectivity index (χ0v) is 26.2. The van der Waals surface area contributed by atoms with Crippen LogP contribution in [0.4, 0.5) is 4.39 Å². The van der Waals surface area contributed by atoms with Crippen LogP contribution >= 0.6 is 35.1 Å². The fraction of sp³-hybridized carbons (Fsp3) is 0.464. The molecule has 40 heavy (non-hydrogen) atoms. The first-order chi connectivity index (χ1) is 18.8. The quantitative estimate of drug-likeness (QED) is 0.115. The number of Topliss-reactive ketones (excluding diaryl/α,β-unsaturated/α-hetero) is 1. The number of carbonyl (C=O) groups excluding carboxylic acids is 2. The largest absolute Gasteiger partial charge is 0.480 e. The summed E-state index contributed by atoms with van der Waals surface area (Å²) in [6.45, 7) is 6.67. The Morgan fingerprint density at radius 1 is 1.10 bits per heavy atom. The van der Waals surface area contributed by atoms with Gasteiger partial charge in [0.1, 0.15) is 12.2 Å². The van der Waals surface area contributed by atoms with Gasteiger partial charge < -0.3 is 19.1 Å². The zero-order valence-electron chi connectivity index (χ0n) is 23.0. The van der Waals surface area contributed by atoms with Gasteiger partial charge in [0.2, 0.25) is 5.91 Å². The molecule has 0 aliphatic rings. The number of carbonyl (C=O) groups is 3. The van der Waals surface area contributed by atoms with Crippen LogP contribution < -0.4 is 0 Å². The first kappa shape index (κ1) is 34.1. The molecule has 2 aromatic rings. The van der Waals surface area contributed by atoms with Crippen LogP contribution in [0.2, 0.25) is 5.02 Å². The summed E-state index contributed by atoms with van der Waals surface area (Å²) in [5.74, 6) is -3.27. The average Bonchev–Trinajstić information content (AvgIpc) is 2.86. The van der Waals surface area contributed by atoms with Gasteiger partial charge in [0.05, 0.1) is 23.8 Å². The maximum atomic E-state index is 14.5. The number of carboxylic acid groups (broad SMARTS) is 1. The molecule has 0 radical (unpaired) electrons. The fourth-order valence-electron chi connectivity index (χ4n) is 4.53. The molecule has 0 spiro atoms. The van der Waals surface area contributed by atoms with Crippen LogP contribution in [0.5, 0.6) is 0 Å². The number of rotatable bonds is 16. The van der Waals surface area contributed by atoms with E-state index in [0.717, 1.165) is 0 Å². The molecule has 1 unspecified atom stereocenters. The Bertz CT molecular complexity index is 1230. The van der Waals surface area contributed by atoms with Crippen LogP contribution in [0, 0.1) is 5.82 Å². The number of halogens is 3. The van der Waals surface area contributed by atoms with Crippen molar-refractivity contribution in [2.45, 2.75) is 65.0 Å². The first-order valence-corrected chi connectivity index (χ1v) is 15.8. The summed E-state index contributed by atoms with van der Waals surface area (Å²) >= 11 is 9.04. The van der Waals surface area contributed by atoms with Gasteiger partial charge in [0, 0.05) is 22.9 Å². The molecule has 0 fully saturated rings. The Kier molecular flexibility index (Phi) is 13.0. The van der Waals surface area contributed by atoms with Gasteiger partial charge in [-0.25, -0.2) is 9.18 Å². The van der Waals surface area contributed by atoms with E-state index in [2.05, 4.69) is 15.9 Å². The predicted octanol–water partition coefficient (Wildman–Crippen LogP) is 7.16. The van der Waals surface area contributed by atoms with E-state index in [1.807, 2.05) is 0 Å². The Hall–Kier alpha value is -2.10. The lowest BCUT2D eigenvalue weighted by Gasteiger charge is -2.43. The van der Waals surface area contributed by atoms with Gasteiger partial charge in [-0.15, -0.1) is 0 Å². The molecular weight excluding hydrogens is 628 g/mol. The highest BCUT2D eigenvalue weighted by atomic mass is 79.9. The minimum absolute atomic E-state index is 0.00147. The standard InChI is InChI=1S/C28H35BrClFNO7P/c1-5-38-40(37,39-6-2)18-24(34)32(22(27(35)36)17-19-11-8-7-9-12-19)28(3,4)16-10-13-23(33)25-20(29)14-15-21(30)26(25)31/h7-9,11-12,14-15,22H,5-6,10,13,16-18H2,1-4H3,(H,35,36). The Morgan fingerprint density at radius 3 is 2.25 bits per heavy atom. The third-order valence-corrected chi connectivity index (χ3v) is 9.20. The number of aliphatic carboxylic acids is 1. The van der Waals surface area contributed by atoms with Gasteiger partial charge in [0.25, 0.3) is 0 Å². The summed E-state index contributed by atoms with van der Waals surface area (Å²) in [5, 5.41) is 10.1.